The minimum absolute atomic E-state index is 0.179. The lowest BCUT2D eigenvalue weighted by Crippen LogP contribution is -1.94. The number of halogens is 1. The van der Waals surface area contributed by atoms with Gasteiger partial charge in [0.25, 0.3) is 0 Å². The first-order valence-electron chi connectivity index (χ1n) is 3.04. The molecule has 0 atom stereocenters. The van der Waals surface area contributed by atoms with Crippen molar-refractivity contribution in [1.82, 2.24) is 10.2 Å². The molecule has 0 bridgehead atoms. The molecule has 0 aromatic carbocycles. The predicted molar refractivity (Wildman–Crippen MR) is 45.6 cm³/mol. The zero-order valence-corrected chi connectivity index (χ0v) is 7.60. The van der Waals surface area contributed by atoms with E-state index in [1.165, 1.54) is 6.08 Å². The van der Waals surface area contributed by atoms with Crippen LogP contribution in [0.15, 0.2) is 17.1 Å². The summed E-state index contributed by atoms with van der Waals surface area (Å²) < 4.78 is 0.711. The van der Waals surface area contributed by atoms with E-state index in [1.807, 2.05) is 6.92 Å². The average Bonchev–Trinajstić information content (AvgIpc) is 2.32. The smallest absolute Gasteiger partial charge is 0.206 e. The number of nitrogens with zero attached hydrogens (tertiary/aromatic N) is 1. The second-order valence-corrected chi connectivity index (χ2v) is 2.87. The molecule has 1 rings (SSSR count). The number of H-pyrrole nitrogens is 1. The lowest BCUT2D eigenvalue weighted by molar-refractivity contribution is 0.104. The Morgan fingerprint density at radius 2 is 2.45 bits per heavy atom. The van der Waals surface area contributed by atoms with Gasteiger partial charge in [-0.05, 0) is 28.9 Å². The highest BCUT2D eigenvalue weighted by Crippen LogP contribution is 2.18. The molecule has 0 spiro atoms. The number of aryl methyl sites for hydroxylation is 1. The third-order valence-electron chi connectivity index (χ3n) is 1.29. The number of nitrogens with one attached hydrogen (secondary N) is 1. The number of aromatic nitrogens is 2. The molecular formula is C7H7BrN2O. The summed E-state index contributed by atoms with van der Waals surface area (Å²) in [4.78, 5) is 11.0. The maximum Gasteiger partial charge on any atom is 0.206 e. The van der Waals surface area contributed by atoms with E-state index >= 15 is 0 Å². The van der Waals surface area contributed by atoms with Crippen molar-refractivity contribution in [2.24, 2.45) is 0 Å². The van der Waals surface area contributed by atoms with Crippen molar-refractivity contribution < 1.29 is 4.79 Å². The lowest BCUT2D eigenvalue weighted by atomic mass is 10.3. The fourth-order valence-electron chi connectivity index (χ4n) is 0.675. The van der Waals surface area contributed by atoms with Crippen LogP contribution >= 0.6 is 15.9 Å². The zero-order valence-electron chi connectivity index (χ0n) is 6.02. The average molecular weight is 215 g/mol. The largest absolute Gasteiger partial charge is 0.287 e. The molecule has 0 unspecified atom stereocenters. The van der Waals surface area contributed by atoms with Crippen molar-refractivity contribution in [1.29, 1.82) is 0 Å². The van der Waals surface area contributed by atoms with Gasteiger partial charge in [-0.3, -0.25) is 9.89 Å². The topological polar surface area (TPSA) is 45.8 Å². The highest BCUT2D eigenvalue weighted by molar-refractivity contribution is 9.10. The van der Waals surface area contributed by atoms with E-state index in [0.717, 1.165) is 5.69 Å². The Hall–Kier alpha value is -0.900. The first-order valence-corrected chi connectivity index (χ1v) is 3.83. The Labute approximate surface area is 72.6 Å². The van der Waals surface area contributed by atoms with Crippen molar-refractivity contribution in [3.05, 3.63) is 28.5 Å². The minimum Gasteiger partial charge on any atom is -0.287 e. The van der Waals surface area contributed by atoms with Gasteiger partial charge >= 0.3 is 0 Å². The van der Waals surface area contributed by atoms with E-state index < -0.39 is 0 Å². The van der Waals surface area contributed by atoms with E-state index in [0.29, 0.717) is 10.2 Å². The Kier molecular flexibility index (Phi) is 2.24. The van der Waals surface area contributed by atoms with Crippen LogP contribution in [0.25, 0.3) is 0 Å². The number of aromatic amines is 1. The maximum atomic E-state index is 11.0. The number of rotatable bonds is 2. The molecule has 3 nitrogen and oxygen atoms in total. The van der Waals surface area contributed by atoms with E-state index in [-0.39, 0.29) is 5.78 Å². The molecule has 4 heteroatoms. The normalized spacial score (nSPS) is 9.64. The van der Waals surface area contributed by atoms with E-state index in [1.54, 1.807) is 0 Å². The van der Waals surface area contributed by atoms with Crippen LogP contribution in [0.5, 0.6) is 0 Å². The SMILES string of the molecule is C=CC(=O)c1n[nH]c(C)c1Br. The second-order valence-electron chi connectivity index (χ2n) is 2.08. The van der Waals surface area contributed by atoms with Gasteiger partial charge in [0.1, 0.15) is 5.69 Å². The molecule has 0 aliphatic carbocycles. The van der Waals surface area contributed by atoms with Gasteiger partial charge < -0.3 is 0 Å². The highest BCUT2D eigenvalue weighted by Gasteiger charge is 2.11. The molecule has 11 heavy (non-hydrogen) atoms. The van der Waals surface area contributed by atoms with Gasteiger partial charge in [-0.2, -0.15) is 5.10 Å². The monoisotopic (exact) mass is 214 g/mol. The number of carbonyl (C=O) groups excluding carboxylic acids is 1. The van der Waals surface area contributed by atoms with Gasteiger partial charge in [-0.25, -0.2) is 0 Å². The first kappa shape index (κ1) is 8.20. The molecule has 58 valence electrons. The predicted octanol–water partition coefficient (Wildman–Crippen LogP) is 1.85. The van der Waals surface area contributed by atoms with Gasteiger partial charge in [0.15, 0.2) is 0 Å². The first-order chi connectivity index (χ1) is 5.16. The molecule has 1 heterocycles. The third kappa shape index (κ3) is 1.40. The Balaban J connectivity index is 3.14. The Morgan fingerprint density at radius 3 is 2.82 bits per heavy atom. The number of carbonyl (C=O) groups is 1. The summed E-state index contributed by atoms with van der Waals surface area (Å²) >= 11 is 3.23. The van der Waals surface area contributed by atoms with Crippen LogP contribution in [0.2, 0.25) is 0 Å². The van der Waals surface area contributed by atoms with E-state index in [9.17, 15) is 4.79 Å². The van der Waals surface area contributed by atoms with Gasteiger partial charge in [0.2, 0.25) is 5.78 Å². The standard InChI is InChI=1S/C7H7BrN2O/c1-3-5(11)7-6(8)4(2)9-10-7/h3H,1H2,2H3,(H,9,10). The molecule has 0 aliphatic heterocycles. The van der Waals surface area contributed by atoms with E-state index in [4.69, 9.17) is 0 Å². The summed E-state index contributed by atoms with van der Waals surface area (Å²) in [7, 11) is 0. The van der Waals surface area contributed by atoms with Crippen LogP contribution < -0.4 is 0 Å². The molecule has 0 fully saturated rings. The molecule has 0 aliphatic rings. The van der Waals surface area contributed by atoms with Crippen molar-refractivity contribution in [3.8, 4) is 0 Å². The van der Waals surface area contributed by atoms with Crippen LogP contribution in [0.1, 0.15) is 16.2 Å². The molecule has 0 amide bonds. The quantitative estimate of drug-likeness (QED) is 0.604. The van der Waals surface area contributed by atoms with Crippen LogP contribution in [0, 0.1) is 6.92 Å². The third-order valence-corrected chi connectivity index (χ3v) is 2.26. The fourth-order valence-corrected chi connectivity index (χ4v) is 1.05. The Bertz CT molecular complexity index is 303. The van der Waals surface area contributed by atoms with Gasteiger partial charge in [-0.15, -0.1) is 0 Å². The summed E-state index contributed by atoms with van der Waals surface area (Å²) in [6, 6.07) is 0. The summed E-state index contributed by atoms with van der Waals surface area (Å²) in [5.74, 6) is -0.179. The van der Waals surface area contributed by atoms with E-state index in [2.05, 4.69) is 32.7 Å². The summed E-state index contributed by atoms with van der Waals surface area (Å²) in [6.45, 7) is 5.19. The van der Waals surface area contributed by atoms with Crippen LogP contribution in [-0.2, 0) is 0 Å². The highest BCUT2D eigenvalue weighted by atomic mass is 79.9. The minimum atomic E-state index is -0.179. The number of allylic oxidation sites excluding steroid dienone is 1. The maximum absolute atomic E-state index is 11.0. The Morgan fingerprint density at radius 1 is 1.82 bits per heavy atom. The van der Waals surface area contributed by atoms with Gasteiger partial charge in [-0.1, -0.05) is 6.58 Å². The molecule has 0 saturated heterocycles. The van der Waals surface area contributed by atoms with Gasteiger partial charge in [0.05, 0.1) is 4.47 Å². The van der Waals surface area contributed by atoms with Crippen LogP contribution in [0.4, 0.5) is 0 Å². The second kappa shape index (κ2) is 3.00. The van der Waals surface area contributed by atoms with Crippen molar-refractivity contribution >= 4 is 21.7 Å². The summed E-state index contributed by atoms with van der Waals surface area (Å²) in [6.07, 6.45) is 1.24. The van der Waals surface area contributed by atoms with Crippen molar-refractivity contribution in [3.63, 3.8) is 0 Å². The molecule has 1 aromatic rings. The molecule has 0 radical (unpaired) electrons. The lowest BCUT2D eigenvalue weighted by Gasteiger charge is -1.87. The van der Waals surface area contributed by atoms with Gasteiger partial charge in [0, 0.05) is 5.69 Å². The summed E-state index contributed by atoms with van der Waals surface area (Å²) in [5.41, 5.74) is 1.23. The fraction of sp³-hybridized carbons (Fsp3) is 0.143. The van der Waals surface area contributed by atoms with Crippen molar-refractivity contribution in [2.45, 2.75) is 6.92 Å². The molecule has 1 aromatic heterocycles. The summed E-state index contributed by atoms with van der Waals surface area (Å²) in [5, 5.41) is 6.48. The van der Waals surface area contributed by atoms with Crippen LogP contribution in [-0.4, -0.2) is 16.0 Å². The number of ketones is 1. The number of hydrogen-bond donors (Lipinski definition) is 1. The number of hydrogen-bond acceptors (Lipinski definition) is 2. The molecular weight excluding hydrogens is 208 g/mol. The van der Waals surface area contributed by atoms with Crippen molar-refractivity contribution in [2.75, 3.05) is 0 Å². The zero-order chi connectivity index (χ0) is 8.43. The molecule has 1 N–H and O–H groups in total. The molecule has 0 saturated carbocycles. The van der Waals surface area contributed by atoms with Crippen LogP contribution in [0.3, 0.4) is 0 Å².